The number of ether oxygens (including phenoxy) is 1. The average Bonchev–Trinajstić information content (AvgIpc) is 3.36. The van der Waals surface area contributed by atoms with E-state index in [4.69, 9.17) is 10.00 Å². The lowest BCUT2D eigenvalue weighted by Gasteiger charge is -2.20. The molecule has 1 N–H and O–H groups in total. The molecule has 2 aliphatic carbocycles. The normalized spacial score (nSPS) is 21.0. The van der Waals surface area contributed by atoms with Crippen LogP contribution in [0, 0.1) is 22.7 Å². The van der Waals surface area contributed by atoms with Crippen molar-refractivity contribution in [3.63, 3.8) is 0 Å². The summed E-state index contributed by atoms with van der Waals surface area (Å²) in [6, 6.07) is 10.4. The number of hydrogen-bond acceptors (Lipinski definition) is 3. The Hall–Kier alpha value is -1.53. The van der Waals surface area contributed by atoms with Crippen LogP contribution in [0.25, 0.3) is 0 Å². The summed E-state index contributed by atoms with van der Waals surface area (Å²) in [5.74, 6) is 1.77. The quantitative estimate of drug-likeness (QED) is 0.825. The molecule has 2 aliphatic rings. The van der Waals surface area contributed by atoms with Gasteiger partial charge in [-0.3, -0.25) is 0 Å². The zero-order valence-electron chi connectivity index (χ0n) is 12.1. The Balaban J connectivity index is 1.51. The summed E-state index contributed by atoms with van der Waals surface area (Å²) in [4.78, 5) is 0. The van der Waals surface area contributed by atoms with Crippen molar-refractivity contribution in [2.45, 2.75) is 38.6 Å². The number of nitrogens with one attached hydrogen (secondary N) is 1. The van der Waals surface area contributed by atoms with Gasteiger partial charge in [-0.2, -0.15) is 5.26 Å². The Labute approximate surface area is 120 Å². The van der Waals surface area contributed by atoms with Crippen LogP contribution in [-0.4, -0.2) is 13.2 Å². The topological polar surface area (TPSA) is 45.0 Å². The molecule has 0 heterocycles. The van der Waals surface area contributed by atoms with Crippen LogP contribution in [0.2, 0.25) is 0 Å². The van der Waals surface area contributed by atoms with E-state index in [9.17, 15) is 0 Å². The van der Waals surface area contributed by atoms with E-state index in [2.05, 4.69) is 24.4 Å². The van der Waals surface area contributed by atoms with Gasteiger partial charge in [0.2, 0.25) is 0 Å². The van der Waals surface area contributed by atoms with Crippen LogP contribution in [-0.2, 0) is 0 Å². The first-order valence-electron chi connectivity index (χ1n) is 7.57. The van der Waals surface area contributed by atoms with Crippen LogP contribution in [0.4, 0.5) is 0 Å². The number of hydrogen-bond donors (Lipinski definition) is 1. The van der Waals surface area contributed by atoms with Crippen LogP contribution in [0.1, 0.15) is 44.2 Å². The lowest BCUT2D eigenvalue weighted by molar-refractivity contribution is 0.367. The number of nitrogens with zero attached hydrogens (tertiary/aromatic N) is 1. The predicted molar refractivity (Wildman–Crippen MR) is 78.4 cm³/mol. The average molecular weight is 270 g/mol. The van der Waals surface area contributed by atoms with Gasteiger partial charge in [0.15, 0.2) is 6.61 Å². The third kappa shape index (κ3) is 2.96. The van der Waals surface area contributed by atoms with Crippen molar-refractivity contribution in [2.75, 3.05) is 13.2 Å². The van der Waals surface area contributed by atoms with E-state index in [1.54, 1.807) is 0 Å². The second kappa shape index (κ2) is 5.46. The highest BCUT2D eigenvalue weighted by molar-refractivity contribution is 5.29. The van der Waals surface area contributed by atoms with Crippen LogP contribution in [0.15, 0.2) is 24.3 Å². The molecule has 0 amide bonds. The van der Waals surface area contributed by atoms with E-state index < -0.39 is 0 Å². The maximum Gasteiger partial charge on any atom is 0.174 e. The highest BCUT2D eigenvalue weighted by Crippen LogP contribution is 2.60. The van der Waals surface area contributed by atoms with E-state index in [1.165, 1.54) is 31.2 Å². The second-order valence-electron chi connectivity index (χ2n) is 6.26. The van der Waals surface area contributed by atoms with Crippen LogP contribution in [0.5, 0.6) is 5.75 Å². The minimum atomic E-state index is 0.108. The summed E-state index contributed by atoms with van der Waals surface area (Å²) < 4.78 is 5.27. The van der Waals surface area contributed by atoms with Gasteiger partial charge in [0, 0.05) is 12.6 Å². The number of rotatable bonds is 7. The minimum absolute atomic E-state index is 0.108. The molecule has 3 heteroatoms. The summed E-state index contributed by atoms with van der Waals surface area (Å²) in [7, 11) is 0. The lowest BCUT2D eigenvalue weighted by atomic mass is 9.99. The van der Waals surface area contributed by atoms with Gasteiger partial charge in [0.05, 0.1) is 0 Å². The molecule has 106 valence electrons. The molecule has 0 aliphatic heterocycles. The van der Waals surface area contributed by atoms with Gasteiger partial charge in [-0.05, 0) is 61.6 Å². The zero-order valence-corrected chi connectivity index (χ0v) is 12.1. The minimum Gasteiger partial charge on any atom is -0.479 e. The summed E-state index contributed by atoms with van der Waals surface area (Å²) in [6.07, 6.45) is 5.72. The van der Waals surface area contributed by atoms with Crippen molar-refractivity contribution < 1.29 is 4.74 Å². The van der Waals surface area contributed by atoms with Gasteiger partial charge in [-0.15, -0.1) is 0 Å². The van der Waals surface area contributed by atoms with Gasteiger partial charge >= 0.3 is 0 Å². The largest absolute Gasteiger partial charge is 0.479 e. The SMILES string of the molecule is CC(NCC1(C2CC2)CC1)c1ccc(OCC#N)cc1. The lowest BCUT2D eigenvalue weighted by Crippen LogP contribution is -2.27. The Morgan fingerprint density at radius 2 is 2.05 bits per heavy atom. The molecule has 0 bridgehead atoms. The standard InChI is InChI=1S/C17H22N2O/c1-13(19-12-17(8-9-17)15-4-5-15)14-2-6-16(7-3-14)20-11-10-18/h2-3,6-7,13,15,19H,4-5,8-9,11-12H2,1H3. The maximum absolute atomic E-state index is 8.49. The fourth-order valence-corrected chi connectivity index (χ4v) is 3.03. The molecule has 0 saturated heterocycles. The number of nitriles is 1. The highest BCUT2D eigenvalue weighted by atomic mass is 16.5. The smallest absolute Gasteiger partial charge is 0.174 e. The monoisotopic (exact) mass is 270 g/mol. The molecule has 0 aromatic heterocycles. The Bertz CT molecular complexity index is 495. The molecule has 2 fully saturated rings. The molecular weight excluding hydrogens is 248 g/mol. The van der Waals surface area contributed by atoms with Gasteiger partial charge in [-0.25, -0.2) is 0 Å². The molecule has 1 aromatic rings. The van der Waals surface area contributed by atoms with Gasteiger partial charge < -0.3 is 10.1 Å². The fraction of sp³-hybridized carbons (Fsp3) is 0.588. The van der Waals surface area contributed by atoms with Crippen LogP contribution in [0.3, 0.4) is 0 Å². The highest BCUT2D eigenvalue weighted by Gasteiger charge is 2.53. The molecule has 1 unspecified atom stereocenters. The van der Waals surface area contributed by atoms with Gasteiger partial charge in [-0.1, -0.05) is 12.1 Å². The van der Waals surface area contributed by atoms with Crippen molar-refractivity contribution in [3.8, 4) is 11.8 Å². The maximum atomic E-state index is 8.49. The van der Waals surface area contributed by atoms with Crippen molar-refractivity contribution in [3.05, 3.63) is 29.8 Å². The zero-order chi connectivity index (χ0) is 14.0. The number of benzene rings is 1. The van der Waals surface area contributed by atoms with Crippen molar-refractivity contribution in [1.82, 2.24) is 5.32 Å². The van der Waals surface area contributed by atoms with Gasteiger partial charge in [0.1, 0.15) is 11.8 Å². The van der Waals surface area contributed by atoms with E-state index in [1.807, 2.05) is 18.2 Å². The third-order valence-corrected chi connectivity index (χ3v) is 4.78. The van der Waals surface area contributed by atoms with E-state index in [0.29, 0.717) is 11.5 Å². The van der Waals surface area contributed by atoms with E-state index >= 15 is 0 Å². The Morgan fingerprint density at radius 3 is 2.60 bits per heavy atom. The molecule has 3 rings (SSSR count). The molecule has 2 saturated carbocycles. The van der Waals surface area contributed by atoms with Crippen LogP contribution >= 0.6 is 0 Å². The first-order chi connectivity index (χ1) is 9.73. The molecule has 0 radical (unpaired) electrons. The van der Waals surface area contributed by atoms with Crippen LogP contribution < -0.4 is 10.1 Å². The summed E-state index contributed by atoms with van der Waals surface area (Å²) in [5, 5.41) is 12.2. The molecule has 20 heavy (non-hydrogen) atoms. The molecule has 1 atom stereocenters. The van der Waals surface area contributed by atoms with Crippen molar-refractivity contribution in [1.29, 1.82) is 5.26 Å². The molecular formula is C17H22N2O. The van der Waals surface area contributed by atoms with E-state index in [-0.39, 0.29) is 6.61 Å². The summed E-state index contributed by atoms with van der Waals surface area (Å²) in [6.45, 7) is 3.48. The predicted octanol–water partition coefficient (Wildman–Crippen LogP) is 3.43. The molecule has 0 spiro atoms. The van der Waals surface area contributed by atoms with Crippen molar-refractivity contribution >= 4 is 0 Å². The second-order valence-corrected chi connectivity index (χ2v) is 6.26. The molecule has 1 aromatic carbocycles. The van der Waals surface area contributed by atoms with Gasteiger partial charge in [0.25, 0.3) is 0 Å². The van der Waals surface area contributed by atoms with Crippen molar-refractivity contribution in [2.24, 2.45) is 11.3 Å². The summed E-state index contributed by atoms with van der Waals surface area (Å²) >= 11 is 0. The fourth-order valence-electron chi connectivity index (χ4n) is 3.03. The first kappa shape index (κ1) is 13.5. The third-order valence-electron chi connectivity index (χ3n) is 4.78. The first-order valence-corrected chi connectivity index (χ1v) is 7.57. The van der Waals surface area contributed by atoms with E-state index in [0.717, 1.165) is 18.2 Å². The summed E-state index contributed by atoms with van der Waals surface area (Å²) in [5.41, 5.74) is 1.92. The Kier molecular flexibility index (Phi) is 3.67. The Morgan fingerprint density at radius 1 is 1.35 bits per heavy atom. The molecule has 3 nitrogen and oxygen atoms in total.